The van der Waals surface area contributed by atoms with E-state index >= 15 is 0 Å². The number of hydrogen-bond donors (Lipinski definition) is 3. The fraction of sp³-hybridized carbons (Fsp3) is 0.727. The van der Waals surface area contributed by atoms with Gasteiger partial charge in [-0.15, -0.1) is 0 Å². The first-order valence-corrected chi connectivity index (χ1v) is 25.4. The second kappa shape index (κ2) is 26.7. The van der Waals surface area contributed by atoms with Gasteiger partial charge in [-0.2, -0.15) is 0 Å². The molecule has 15 atom stereocenters. The largest absolute Gasteiger partial charge is 0.460 e. The predicted molar refractivity (Wildman–Crippen MR) is 264 cm³/mol. The van der Waals surface area contributed by atoms with Crippen LogP contribution < -0.4 is 0 Å². The molecule has 0 unspecified atom stereocenters. The lowest BCUT2D eigenvalue weighted by Gasteiger charge is -2.42. The highest BCUT2D eigenvalue weighted by Gasteiger charge is 2.53. The molecule has 388 valence electrons. The van der Waals surface area contributed by atoms with Crippen molar-refractivity contribution in [2.75, 3.05) is 27.9 Å². The van der Waals surface area contributed by atoms with Gasteiger partial charge in [-0.3, -0.25) is 19.2 Å². The predicted octanol–water partition coefficient (Wildman–Crippen LogP) is 7.52. The van der Waals surface area contributed by atoms with E-state index in [2.05, 4.69) is 6.58 Å². The standard InChI is InChI=1S/C55H85NO13/c1-32(2)25-40-19-16-33(3)26-37(7)49(59)51(67-12)50(60)38(8)27-35(5)45(58)31-47(36(6)28-41-21-23-44(57)48(29-41)66-11)68-54(63)43-15-13-14-24-56(43)53(62)52(61)55(64)39(9)18-22-42(69-55)30-46(65-10)34(4)17-20-40/h16-17,19-20,27,33,35-37,39,41-44,46-48,50-51,57,60,64H,1,13-15,18,21-26,28-31H2,2-12H3/b19-16-,34-17+,38-27+,40-20-/t33-,35-,36-,37-,39-,41+,42+,43+,44-,46+,47+,48-,50-,51+,55-/m1/s1. The van der Waals surface area contributed by atoms with E-state index in [1.807, 2.05) is 58.9 Å². The first-order chi connectivity index (χ1) is 32.5. The number of esters is 1. The second-order valence-corrected chi connectivity index (χ2v) is 21.1. The Bertz CT molecular complexity index is 1920. The van der Waals surface area contributed by atoms with Gasteiger partial charge in [0.15, 0.2) is 5.78 Å². The molecule has 0 aromatic heterocycles. The zero-order chi connectivity index (χ0) is 51.3. The van der Waals surface area contributed by atoms with Crippen molar-refractivity contribution in [3.05, 3.63) is 59.3 Å². The van der Waals surface area contributed by atoms with Gasteiger partial charge in [0.05, 0.1) is 24.4 Å². The third-order valence-electron chi connectivity index (χ3n) is 15.2. The number of allylic oxidation sites excluding steroid dienone is 7. The summed E-state index contributed by atoms with van der Waals surface area (Å²) >= 11 is 0. The number of carbonyl (C=O) groups excluding carboxylic acids is 5. The summed E-state index contributed by atoms with van der Waals surface area (Å²) < 4.78 is 29.6. The normalized spacial score (nSPS) is 39.2. The molecular formula is C55H85NO13. The molecule has 69 heavy (non-hydrogen) atoms. The highest BCUT2D eigenvalue weighted by atomic mass is 16.6. The maximum absolute atomic E-state index is 14.4. The Morgan fingerprint density at radius 1 is 0.899 bits per heavy atom. The average molecular weight is 968 g/mol. The van der Waals surface area contributed by atoms with Gasteiger partial charge >= 0.3 is 5.97 Å². The summed E-state index contributed by atoms with van der Waals surface area (Å²) in [6.07, 6.45) is 10.0. The summed E-state index contributed by atoms with van der Waals surface area (Å²) in [6, 6.07) is -1.15. The van der Waals surface area contributed by atoms with Crippen LogP contribution in [0.2, 0.25) is 0 Å². The molecule has 3 N–H and O–H groups in total. The first-order valence-electron chi connectivity index (χ1n) is 25.4. The van der Waals surface area contributed by atoms with Crippen LogP contribution in [0, 0.1) is 35.5 Å². The number of carbonyl (C=O) groups is 5. The number of hydrogen-bond acceptors (Lipinski definition) is 13. The average Bonchev–Trinajstić information content (AvgIpc) is 3.31. The number of aliphatic hydroxyl groups is 3. The van der Waals surface area contributed by atoms with Gasteiger partial charge in [0, 0.05) is 58.5 Å². The summed E-state index contributed by atoms with van der Waals surface area (Å²) in [5, 5.41) is 34.1. The molecule has 4 rings (SSSR count). The van der Waals surface area contributed by atoms with Gasteiger partial charge in [-0.1, -0.05) is 77.2 Å². The molecule has 1 saturated carbocycles. The monoisotopic (exact) mass is 968 g/mol. The van der Waals surface area contributed by atoms with Crippen LogP contribution in [0.15, 0.2) is 59.3 Å². The number of methoxy groups -OCH3 is 3. The first kappa shape index (κ1) is 57.9. The van der Waals surface area contributed by atoms with Crippen LogP contribution in [0.5, 0.6) is 0 Å². The Morgan fingerprint density at radius 2 is 1.61 bits per heavy atom. The highest BCUT2D eigenvalue weighted by Crippen LogP contribution is 2.38. The van der Waals surface area contributed by atoms with E-state index in [0.29, 0.717) is 69.8 Å². The second-order valence-electron chi connectivity index (χ2n) is 21.1. The molecule has 4 aliphatic rings. The minimum atomic E-state index is -2.45. The van der Waals surface area contributed by atoms with Crippen molar-refractivity contribution >= 4 is 29.2 Å². The molecule has 0 radical (unpaired) electrons. The minimum Gasteiger partial charge on any atom is -0.460 e. The van der Waals surface area contributed by atoms with E-state index in [0.717, 1.165) is 23.1 Å². The van der Waals surface area contributed by atoms with Crippen LogP contribution in [0.25, 0.3) is 0 Å². The molecule has 3 fully saturated rings. The van der Waals surface area contributed by atoms with Crippen LogP contribution in [-0.4, -0.2) is 132 Å². The van der Waals surface area contributed by atoms with Crippen LogP contribution in [-0.2, 0) is 47.7 Å². The number of aliphatic hydroxyl groups excluding tert-OH is 2. The van der Waals surface area contributed by atoms with Crippen molar-refractivity contribution in [3.8, 4) is 0 Å². The number of rotatable bonds is 8. The smallest absolute Gasteiger partial charge is 0.329 e. The third kappa shape index (κ3) is 15.7. The Balaban J connectivity index is 1.75. The van der Waals surface area contributed by atoms with E-state index < -0.39 is 83.9 Å². The van der Waals surface area contributed by atoms with Gasteiger partial charge in [-0.05, 0) is 126 Å². The van der Waals surface area contributed by atoms with Gasteiger partial charge in [0.1, 0.15) is 30.1 Å². The number of piperidine rings is 1. The van der Waals surface area contributed by atoms with Crippen molar-refractivity contribution in [1.29, 1.82) is 0 Å². The van der Waals surface area contributed by atoms with Crippen molar-refractivity contribution in [1.82, 2.24) is 4.90 Å². The lowest BCUT2D eigenvalue weighted by Crippen LogP contribution is -2.61. The summed E-state index contributed by atoms with van der Waals surface area (Å²) in [4.78, 5) is 72.3. The zero-order valence-corrected chi connectivity index (χ0v) is 43.4. The molecule has 0 aromatic rings. The van der Waals surface area contributed by atoms with Crippen molar-refractivity contribution in [2.45, 2.75) is 193 Å². The van der Waals surface area contributed by atoms with Crippen LogP contribution in [0.1, 0.15) is 139 Å². The Kier molecular flexibility index (Phi) is 22.4. The Hall–Kier alpha value is -3.63. The van der Waals surface area contributed by atoms with Gasteiger partial charge in [0.2, 0.25) is 5.79 Å². The summed E-state index contributed by atoms with van der Waals surface area (Å²) in [6.45, 7) is 18.9. The number of amides is 1. The fourth-order valence-electron chi connectivity index (χ4n) is 10.6. The number of Topliss-reactive ketones (excluding diaryl/α,β-unsaturated/α-hetero) is 3. The molecule has 2 bridgehead atoms. The van der Waals surface area contributed by atoms with Gasteiger partial charge in [-0.25, -0.2) is 4.79 Å². The highest BCUT2D eigenvalue weighted by molar-refractivity contribution is 6.39. The maximum Gasteiger partial charge on any atom is 0.329 e. The van der Waals surface area contributed by atoms with Crippen LogP contribution >= 0.6 is 0 Å². The molecule has 3 aliphatic heterocycles. The van der Waals surface area contributed by atoms with E-state index in [1.54, 1.807) is 41.1 Å². The van der Waals surface area contributed by atoms with Crippen LogP contribution in [0.4, 0.5) is 0 Å². The molecular weight excluding hydrogens is 883 g/mol. The zero-order valence-electron chi connectivity index (χ0n) is 43.4. The fourth-order valence-corrected chi connectivity index (χ4v) is 10.6. The van der Waals surface area contributed by atoms with Crippen LogP contribution in [0.3, 0.4) is 0 Å². The lowest BCUT2D eigenvalue weighted by atomic mass is 9.78. The molecule has 14 nitrogen and oxygen atoms in total. The minimum absolute atomic E-state index is 0.0234. The SMILES string of the molecule is C=C(C)CC1=C\C=C(/C)[C@@H](OC)C[C@@H]2CC[C@@H](C)[C@@](O)(O2)C(=O)C(=O)N2CCCC[C@H]2C(=O)O[C@H]([C@H](C)C[C@@H]2CC[C@@H](O)[C@H](OC)C2)CC(=O)[C@H](C)/C=C(\C)[C@@H](O)[C@@H](OC)C(=O)[C@H](C)C[C@H](C)/C=C\1. The molecule has 14 heteroatoms. The molecule has 1 amide bonds. The summed E-state index contributed by atoms with van der Waals surface area (Å²) in [5.74, 6) is -8.11. The van der Waals surface area contributed by atoms with E-state index in [9.17, 15) is 39.3 Å². The Morgan fingerprint density at radius 3 is 2.26 bits per heavy atom. The van der Waals surface area contributed by atoms with Crippen molar-refractivity contribution in [2.24, 2.45) is 35.5 Å². The molecule has 0 spiro atoms. The molecule has 0 aromatic carbocycles. The topological polar surface area (TPSA) is 195 Å². The van der Waals surface area contributed by atoms with Gasteiger partial charge in [0.25, 0.3) is 11.7 Å². The molecule has 2 saturated heterocycles. The maximum atomic E-state index is 14.4. The van der Waals surface area contributed by atoms with Crippen molar-refractivity contribution in [3.63, 3.8) is 0 Å². The summed E-state index contributed by atoms with van der Waals surface area (Å²) in [7, 11) is 4.53. The van der Waals surface area contributed by atoms with E-state index in [1.165, 1.54) is 12.0 Å². The molecule has 3 heterocycles. The Labute approximate surface area is 411 Å². The quantitative estimate of drug-likeness (QED) is 0.123. The number of ketones is 3. The lowest BCUT2D eigenvalue weighted by molar-refractivity contribution is -0.265. The van der Waals surface area contributed by atoms with E-state index in [4.69, 9.17) is 23.7 Å². The van der Waals surface area contributed by atoms with Crippen molar-refractivity contribution < 1.29 is 63.0 Å². The van der Waals surface area contributed by atoms with E-state index in [-0.39, 0.29) is 54.8 Å². The number of fused-ring (bicyclic) bond motifs is 3. The molecule has 1 aliphatic carbocycles. The number of nitrogens with zero attached hydrogens (tertiary/aromatic N) is 1. The summed E-state index contributed by atoms with van der Waals surface area (Å²) in [5.41, 5.74) is 3.19. The number of cyclic esters (lactones) is 1. The van der Waals surface area contributed by atoms with Gasteiger partial charge < -0.3 is 43.9 Å². The number of ether oxygens (including phenoxy) is 5. The third-order valence-corrected chi connectivity index (χ3v) is 15.2.